The van der Waals surface area contributed by atoms with Crippen molar-refractivity contribution >= 4 is 40.0 Å². The first kappa shape index (κ1) is 21.8. The zero-order valence-corrected chi connectivity index (χ0v) is 18.7. The number of methoxy groups -OCH3 is 1. The Balaban J connectivity index is 2.46. The van der Waals surface area contributed by atoms with Crippen LogP contribution in [0.4, 0.5) is 0 Å². The number of hydrogen-bond donors (Lipinski definition) is 0. The van der Waals surface area contributed by atoms with Crippen molar-refractivity contribution < 1.29 is 36.2 Å². The van der Waals surface area contributed by atoms with Crippen molar-refractivity contribution in [2.24, 2.45) is 0 Å². The normalized spacial score (nSPS) is 18.7. The maximum absolute atomic E-state index is 13.0. The fourth-order valence-electron chi connectivity index (χ4n) is 2.75. The number of esters is 1. The van der Waals surface area contributed by atoms with Gasteiger partial charge in [0.15, 0.2) is 0 Å². The van der Waals surface area contributed by atoms with Crippen molar-refractivity contribution in [1.82, 2.24) is 4.31 Å². The van der Waals surface area contributed by atoms with Gasteiger partial charge in [-0.1, -0.05) is 0 Å². The zero-order valence-electron chi connectivity index (χ0n) is 14.6. The summed E-state index contributed by atoms with van der Waals surface area (Å²) in [6, 6.07) is 3.75. The fourth-order valence-corrected chi connectivity index (χ4v) is 6.21. The van der Waals surface area contributed by atoms with Crippen LogP contribution in [0.3, 0.4) is 0 Å². The van der Waals surface area contributed by atoms with Crippen LogP contribution in [0.1, 0.15) is 32.3 Å². The molecule has 0 aliphatic carbocycles. The van der Waals surface area contributed by atoms with Gasteiger partial charge < -0.3 is 0 Å². The van der Waals surface area contributed by atoms with E-state index in [1.165, 1.54) is 23.5 Å². The molecule has 2 rings (SSSR count). The van der Waals surface area contributed by atoms with Gasteiger partial charge in [0.2, 0.25) is 0 Å². The van der Waals surface area contributed by atoms with Gasteiger partial charge in [-0.3, -0.25) is 0 Å². The molecule has 0 aromatic heterocycles. The molecule has 148 valence electrons. The number of halogens is 2. The minimum atomic E-state index is -3.86. The second kappa shape index (κ2) is 9.11. The molecule has 1 aromatic carbocycles. The maximum atomic E-state index is 13.0. The number of sulfonamides is 1. The molecule has 6 nitrogen and oxygen atoms in total. The fraction of sp³-hybridized carbons (Fsp3) is 0.500. The van der Waals surface area contributed by atoms with E-state index < -0.39 is 35.6 Å². The SMILES string of the molecule is COC(=O)C1CCCN1S(=O)(=O)c1ccc(OC(C)C)c([CH]=[Ru]([Cl])[Cl])c1. The molecule has 1 unspecified atom stereocenters. The molecule has 0 N–H and O–H groups in total. The molecule has 1 aliphatic heterocycles. The van der Waals surface area contributed by atoms with Gasteiger partial charge in [-0.25, -0.2) is 0 Å². The molecule has 1 atom stereocenters. The van der Waals surface area contributed by atoms with Crippen LogP contribution in [0.25, 0.3) is 0 Å². The number of benzene rings is 1. The van der Waals surface area contributed by atoms with Gasteiger partial charge >= 0.3 is 167 Å². The first-order valence-electron chi connectivity index (χ1n) is 7.90. The summed E-state index contributed by atoms with van der Waals surface area (Å²) < 4.78 is 39.4. The number of carbonyl (C=O) groups excluding carboxylic acids is 1. The Hall–Kier alpha value is -0.527. The Kier molecular flexibility index (Phi) is 7.63. The molecule has 0 amide bonds. The molecule has 1 fully saturated rings. The minimum absolute atomic E-state index is 0.0689. The summed E-state index contributed by atoms with van der Waals surface area (Å²) in [6.07, 6.45) is 0.960. The Bertz CT molecular complexity index is 809. The summed E-state index contributed by atoms with van der Waals surface area (Å²) in [5.74, 6) is -0.0308. The van der Waals surface area contributed by atoms with E-state index in [1.807, 2.05) is 13.8 Å². The van der Waals surface area contributed by atoms with E-state index in [0.29, 0.717) is 24.2 Å². The number of rotatable bonds is 6. The van der Waals surface area contributed by atoms with Crippen LogP contribution in [-0.2, 0) is 33.1 Å². The monoisotopic (exact) mass is 511 g/mol. The second-order valence-corrected chi connectivity index (χ2v) is 13.6. The molecule has 0 saturated carbocycles. The third-order valence-electron chi connectivity index (χ3n) is 3.81. The van der Waals surface area contributed by atoms with Crippen molar-refractivity contribution in [2.45, 2.75) is 43.7 Å². The molecule has 0 radical (unpaired) electrons. The van der Waals surface area contributed by atoms with Crippen molar-refractivity contribution in [3.8, 4) is 5.75 Å². The molecule has 1 heterocycles. The molecule has 0 spiro atoms. The summed E-state index contributed by atoms with van der Waals surface area (Å²) in [4.78, 5) is 12.0. The predicted octanol–water partition coefficient (Wildman–Crippen LogP) is 2.88. The van der Waals surface area contributed by atoms with Crippen LogP contribution in [0.2, 0.25) is 0 Å². The molecular formula is C16H21Cl2NO5RuS. The van der Waals surface area contributed by atoms with Gasteiger partial charge in [-0.2, -0.15) is 0 Å². The summed E-state index contributed by atoms with van der Waals surface area (Å²) in [6.45, 7) is 4.01. The third-order valence-corrected chi connectivity index (χ3v) is 7.55. The van der Waals surface area contributed by atoms with Gasteiger partial charge in [0.25, 0.3) is 0 Å². The van der Waals surface area contributed by atoms with E-state index in [1.54, 1.807) is 10.7 Å². The molecule has 10 heteroatoms. The van der Waals surface area contributed by atoms with E-state index in [2.05, 4.69) is 0 Å². The molecular weight excluding hydrogens is 490 g/mol. The topological polar surface area (TPSA) is 72.9 Å². The van der Waals surface area contributed by atoms with Crippen LogP contribution in [0, 0.1) is 0 Å². The molecule has 0 bridgehead atoms. The zero-order chi connectivity index (χ0) is 19.5. The van der Waals surface area contributed by atoms with Crippen LogP contribution in [0.15, 0.2) is 23.1 Å². The molecule has 1 saturated heterocycles. The Labute approximate surface area is 166 Å². The van der Waals surface area contributed by atoms with Gasteiger partial charge in [-0.15, -0.1) is 0 Å². The summed E-state index contributed by atoms with van der Waals surface area (Å²) in [7, 11) is 9.34. The van der Waals surface area contributed by atoms with Gasteiger partial charge in [0.1, 0.15) is 0 Å². The van der Waals surface area contributed by atoms with E-state index in [-0.39, 0.29) is 17.5 Å². The van der Waals surface area contributed by atoms with Crippen LogP contribution in [-0.4, -0.2) is 49.1 Å². The summed E-state index contributed by atoms with van der Waals surface area (Å²) in [5.41, 5.74) is 0.539. The van der Waals surface area contributed by atoms with E-state index in [9.17, 15) is 13.2 Å². The molecule has 26 heavy (non-hydrogen) atoms. The van der Waals surface area contributed by atoms with Gasteiger partial charge in [0.05, 0.1) is 0 Å². The van der Waals surface area contributed by atoms with Crippen LogP contribution in [0.5, 0.6) is 5.75 Å². The first-order valence-corrected chi connectivity index (χ1v) is 14.8. The number of carbonyl (C=O) groups is 1. The second-order valence-electron chi connectivity index (χ2n) is 5.97. The van der Waals surface area contributed by atoms with Gasteiger partial charge in [-0.05, 0) is 0 Å². The summed E-state index contributed by atoms with van der Waals surface area (Å²) in [5, 5.41) is 0. The first-order chi connectivity index (χ1) is 12.2. The van der Waals surface area contributed by atoms with Crippen molar-refractivity contribution in [3.05, 3.63) is 23.8 Å². The number of hydrogen-bond acceptors (Lipinski definition) is 5. The number of nitrogens with zero attached hydrogens (tertiary/aromatic N) is 1. The molecule has 1 aliphatic rings. The average Bonchev–Trinajstić information content (AvgIpc) is 3.05. The predicted molar refractivity (Wildman–Crippen MR) is 98.0 cm³/mol. The average molecular weight is 511 g/mol. The van der Waals surface area contributed by atoms with Crippen LogP contribution < -0.4 is 4.74 Å². The van der Waals surface area contributed by atoms with Crippen molar-refractivity contribution in [2.75, 3.05) is 13.7 Å². The van der Waals surface area contributed by atoms with E-state index in [4.69, 9.17) is 28.9 Å². The van der Waals surface area contributed by atoms with Gasteiger partial charge in [0, 0.05) is 0 Å². The van der Waals surface area contributed by atoms with Crippen LogP contribution >= 0.6 is 19.4 Å². The van der Waals surface area contributed by atoms with E-state index >= 15 is 0 Å². The van der Waals surface area contributed by atoms with Crippen molar-refractivity contribution in [3.63, 3.8) is 0 Å². The quantitative estimate of drug-likeness (QED) is 0.434. The number of ether oxygens (including phenoxy) is 2. The Morgan fingerprint density at radius 3 is 2.65 bits per heavy atom. The summed E-state index contributed by atoms with van der Waals surface area (Å²) >= 11 is -2.19. The van der Waals surface area contributed by atoms with E-state index in [0.717, 1.165) is 0 Å². The Morgan fingerprint density at radius 1 is 1.38 bits per heavy atom. The standard InChI is InChI=1S/C16H21NO5S.2ClH.Ru/c1-11(2)22-15-8-7-13(10-12(15)3)23(19,20)17-9-5-6-14(17)16(18)21-4;;;/h3,7-8,10-11,14H,5-6,9H2,1-2,4H3;2*1H;/q;;;+2/p-2. The van der Waals surface area contributed by atoms with Crippen molar-refractivity contribution in [1.29, 1.82) is 0 Å². The molecule has 1 aromatic rings. The Morgan fingerprint density at radius 2 is 2.08 bits per heavy atom. The third kappa shape index (κ3) is 5.05.